The Morgan fingerprint density at radius 2 is 2.20 bits per heavy atom. The molecular weight excluding hydrogens is 252 g/mol. The van der Waals surface area contributed by atoms with E-state index in [1.54, 1.807) is 6.26 Å². The van der Waals surface area contributed by atoms with Gasteiger partial charge in [0.1, 0.15) is 5.76 Å². The molecule has 0 spiro atoms. The zero-order valence-corrected chi connectivity index (χ0v) is 12.4. The van der Waals surface area contributed by atoms with Crippen LogP contribution in [-0.4, -0.2) is 37.7 Å². The summed E-state index contributed by atoms with van der Waals surface area (Å²) < 4.78 is 11.3. The van der Waals surface area contributed by atoms with Gasteiger partial charge in [-0.25, -0.2) is 0 Å². The van der Waals surface area contributed by atoms with Crippen LogP contribution in [0.5, 0.6) is 0 Å². The first-order valence-corrected chi connectivity index (χ1v) is 7.86. The summed E-state index contributed by atoms with van der Waals surface area (Å²) in [6.45, 7) is 4.56. The SMILES string of the molecule is CN(CCOCC1CC1)Cc1ccoc1CNC1CC1. The highest BCUT2D eigenvalue weighted by Gasteiger charge is 2.22. The summed E-state index contributed by atoms with van der Waals surface area (Å²) >= 11 is 0. The number of rotatable bonds is 10. The summed E-state index contributed by atoms with van der Waals surface area (Å²) in [7, 11) is 2.14. The van der Waals surface area contributed by atoms with Crippen molar-refractivity contribution >= 4 is 0 Å². The molecule has 0 atom stereocenters. The second-order valence-electron chi connectivity index (χ2n) is 6.28. The Kier molecular flexibility index (Phi) is 4.76. The number of hydrogen-bond acceptors (Lipinski definition) is 4. The largest absolute Gasteiger partial charge is 0.468 e. The second kappa shape index (κ2) is 6.74. The molecule has 2 saturated carbocycles. The van der Waals surface area contributed by atoms with Gasteiger partial charge in [-0.3, -0.25) is 4.90 Å². The molecule has 0 unspecified atom stereocenters. The minimum Gasteiger partial charge on any atom is -0.468 e. The molecule has 0 radical (unpaired) electrons. The first kappa shape index (κ1) is 14.1. The Hall–Kier alpha value is -0.840. The monoisotopic (exact) mass is 278 g/mol. The van der Waals surface area contributed by atoms with E-state index in [4.69, 9.17) is 9.15 Å². The van der Waals surface area contributed by atoms with Crippen molar-refractivity contribution in [2.45, 2.75) is 44.8 Å². The lowest BCUT2D eigenvalue weighted by molar-refractivity contribution is 0.102. The maximum Gasteiger partial charge on any atom is 0.122 e. The summed E-state index contributed by atoms with van der Waals surface area (Å²) in [4.78, 5) is 2.30. The number of likely N-dealkylation sites (N-methyl/N-ethyl adjacent to an activating group) is 1. The fourth-order valence-electron chi connectivity index (χ4n) is 2.31. The van der Waals surface area contributed by atoms with E-state index in [-0.39, 0.29) is 0 Å². The van der Waals surface area contributed by atoms with Crippen molar-refractivity contribution in [3.63, 3.8) is 0 Å². The third-order valence-corrected chi connectivity index (χ3v) is 4.07. The van der Waals surface area contributed by atoms with Crippen LogP contribution < -0.4 is 5.32 Å². The number of nitrogens with zero attached hydrogens (tertiary/aromatic N) is 1. The van der Waals surface area contributed by atoms with Gasteiger partial charge in [0.25, 0.3) is 0 Å². The van der Waals surface area contributed by atoms with Crippen molar-refractivity contribution in [1.29, 1.82) is 0 Å². The molecule has 0 aromatic carbocycles. The lowest BCUT2D eigenvalue weighted by Crippen LogP contribution is -2.24. The molecule has 1 aromatic rings. The highest BCUT2D eigenvalue weighted by molar-refractivity contribution is 5.17. The smallest absolute Gasteiger partial charge is 0.122 e. The van der Waals surface area contributed by atoms with E-state index in [2.05, 4.69) is 23.3 Å². The molecule has 0 aliphatic heterocycles. The minimum absolute atomic E-state index is 0.724. The van der Waals surface area contributed by atoms with Gasteiger partial charge in [0.2, 0.25) is 0 Å². The number of furan rings is 1. The summed E-state index contributed by atoms with van der Waals surface area (Å²) in [5.74, 6) is 1.94. The van der Waals surface area contributed by atoms with Crippen molar-refractivity contribution in [3.8, 4) is 0 Å². The van der Waals surface area contributed by atoms with Gasteiger partial charge in [0, 0.05) is 31.3 Å². The van der Waals surface area contributed by atoms with Gasteiger partial charge in [-0.15, -0.1) is 0 Å². The molecule has 4 nitrogen and oxygen atoms in total. The van der Waals surface area contributed by atoms with Crippen LogP contribution in [0.2, 0.25) is 0 Å². The molecule has 20 heavy (non-hydrogen) atoms. The molecule has 4 heteroatoms. The summed E-state index contributed by atoms with van der Waals surface area (Å²) in [6.07, 6.45) is 7.16. The van der Waals surface area contributed by atoms with Gasteiger partial charge in [0.05, 0.1) is 19.4 Å². The summed E-state index contributed by atoms with van der Waals surface area (Å²) in [5, 5.41) is 3.51. The molecule has 1 N–H and O–H groups in total. The van der Waals surface area contributed by atoms with Gasteiger partial charge >= 0.3 is 0 Å². The lowest BCUT2D eigenvalue weighted by atomic mass is 10.2. The van der Waals surface area contributed by atoms with Gasteiger partial charge in [-0.2, -0.15) is 0 Å². The van der Waals surface area contributed by atoms with E-state index < -0.39 is 0 Å². The molecule has 2 aliphatic carbocycles. The zero-order valence-electron chi connectivity index (χ0n) is 12.4. The maximum absolute atomic E-state index is 5.69. The average molecular weight is 278 g/mol. The minimum atomic E-state index is 0.724. The van der Waals surface area contributed by atoms with Crippen LogP contribution in [0.15, 0.2) is 16.7 Å². The Morgan fingerprint density at radius 1 is 1.35 bits per heavy atom. The fraction of sp³-hybridized carbons (Fsp3) is 0.750. The molecule has 1 aromatic heterocycles. The number of ether oxygens (including phenoxy) is 1. The lowest BCUT2D eigenvalue weighted by Gasteiger charge is -2.16. The number of nitrogens with one attached hydrogen (secondary N) is 1. The standard InChI is InChI=1S/C16H26N2O2/c1-18(7-9-19-12-13-2-3-13)11-14-6-8-20-16(14)10-17-15-4-5-15/h6,8,13,15,17H,2-5,7,9-12H2,1H3. The molecule has 0 bridgehead atoms. The van der Waals surface area contributed by atoms with E-state index >= 15 is 0 Å². The fourth-order valence-corrected chi connectivity index (χ4v) is 2.31. The van der Waals surface area contributed by atoms with Crippen molar-refractivity contribution in [1.82, 2.24) is 10.2 Å². The van der Waals surface area contributed by atoms with Crippen LogP contribution in [0, 0.1) is 5.92 Å². The predicted octanol–water partition coefficient (Wildman–Crippen LogP) is 2.39. The van der Waals surface area contributed by atoms with E-state index in [1.807, 2.05) is 0 Å². The van der Waals surface area contributed by atoms with Crippen LogP contribution in [0.3, 0.4) is 0 Å². The van der Waals surface area contributed by atoms with Crippen molar-refractivity contribution < 1.29 is 9.15 Å². The molecular formula is C16H26N2O2. The van der Waals surface area contributed by atoms with Crippen LogP contribution >= 0.6 is 0 Å². The van der Waals surface area contributed by atoms with Crippen LogP contribution in [-0.2, 0) is 17.8 Å². The number of hydrogen-bond donors (Lipinski definition) is 1. The van der Waals surface area contributed by atoms with Gasteiger partial charge in [0.15, 0.2) is 0 Å². The van der Waals surface area contributed by atoms with E-state index in [0.717, 1.165) is 50.6 Å². The first-order chi connectivity index (χ1) is 9.81. The zero-order chi connectivity index (χ0) is 13.8. The highest BCUT2D eigenvalue weighted by atomic mass is 16.5. The second-order valence-corrected chi connectivity index (χ2v) is 6.28. The summed E-state index contributed by atoms with van der Waals surface area (Å²) in [6, 6.07) is 2.81. The Morgan fingerprint density at radius 3 is 2.95 bits per heavy atom. The highest BCUT2D eigenvalue weighted by Crippen LogP contribution is 2.28. The average Bonchev–Trinajstić information content (AvgIpc) is 3.34. The predicted molar refractivity (Wildman–Crippen MR) is 78.4 cm³/mol. The van der Waals surface area contributed by atoms with Crippen molar-refractivity contribution in [2.24, 2.45) is 5.92 Å². The maximum atomic E-state index is 5.69. The van der Waals surface area contributed by atoms with E-state index in [1.165, 1.54) is 31.2 Å². The van der Waals surface area contributed by atoms with Crippen LogP contribution in [0.25, 0.3) is 0 Å². The molecule has 2 fully saturated rings. The molecule has 3 rings (SSSR count). The van der Waals surface area contributed by atoms with Crippen LogP contribution in [0.4, 0.5) is 0 Å². The Labute approximate surface area is 121 Å². The van der Waals surface area contributed by atoms with Gasteiger partial charge in [-0.05, 0) is 44.7 Å². The van der Waals surface area contributed by atoms with Gasteiger partial charge < -0.3 is 14.5 Å². The first-order valence-electron chi connectivity index (χ1n) is 7.86. The molecule has 0 saturated heterocycles. The normalized spacial score (nSPS) is 18.9. The van der Waals surface area contributed by atoms with Gasteiger partial charge in [-0.1, -0.05) is 0 Å². The van der Waals surface area contributed by atoms with Crippen molar-refractivity contribution in [2.75, 3.05) is 26.8 Å². The Balaban J connectivity index is 1.35. The third-order valence-electron chi connectivity index (χ3n) is 4.07. The molecule has 1 heterocycles. The molecule has 112 valence electrons. The van der Waals surface area contributed by atoms with E-state index in [0.29, 0.717) is 0 Å². The third kappa shape index (κ3) is 4.62. The van der Waals surface area contributed by atoms with Crippen LogP contribution in [0.1, 0.15) is 37.0 Å². The topological polar surface area (TPSA) is 37.6 Å². The molecule has 0 amide bonds. The molecule has 2 aliphatic rings. The Bertz CT molecular complexity index is 410. The van der Waals surface area contributed by atoms with Crippen molar-refractivity contribution in [3.05, 3.63) is 23.7 Å². The summed E-state index contributed by atoms with van der Waals surface area (Å²) in [5.41, 5.74) is 1.29. The quantitative estimate of drug-likeness (QED) is 0.667. The van der Waals surface area contributed by atoms with E-state index in [9.17, 15) is 0 Å².